The molecule has 0 fully saturated rings. The van der Waals surface area contributed by atoms with Crippen molar-refractivity contribution in [1.82, 2.24) is 0 Å². The molecule has 1 atom stereocenters. The number of benzene rings is 1. The van der Waals surface area contributed by atoms with Gasteiger partial charge in [0.1, 0.15) is 13.2 Å². The van der Waals surface area contributed by atoms with Crippen LogP contribution in [0.4, 0.5) is 0 Å². The van der Waals surface area contributed by atoms with Crippen molar-refractivity contribution in [3.63, 3.8) is 0 Å². The zero-order valence-electron chi connectivity index (χ0n) is 10.4. The van der Waals surface area contributed by atoms with Crippen molar-refractivity contribution < 1.29 is 9.47 Å². The first-order chi connectivity index (χ1) is 8.70. The minimum Gasteiger partial charge on any atom is -0.486 e. The number of ether oxygens (including phenoxy) is 2. The first kappa shape index (κ1) is 13.8. The second kappa shape index (κ2) is 6.55. The lowest BCUT2D eigenvalue weighted by Gasteiger charge is -2.20. The Morgan fingerprint density at radius 2 is 2.17 bits per heavy atom. The maximum absolute atomic E-state index is 6.18. The number of hydrogen-bond donors (Lipinski definition) is 1. The van der Waals surface area contributed by atoms with Crippen molar-refractivity contribution in [3.05, 3.63) is 22.7 Å². The Kier molecular flexibility index (Phi) is 5.03. The molecule has 5 heteroatoms. The van der Waals surface area contributed by atoms with Crippen LogP contribution in [0.25, 0.3) is 0 Å². The molecular weight excluding hydrogens is 270 g/mol. The number of fused-ring (bicyclic) bond motifs is 1. The van der Waals surface area contributed by atoms with Crippen molar-refractivity contribution in [2.45, 2.75) is 25.1 Å². The highest BCUT2D eigenvalue weighted by atomic mass is 35.5. The molecular formula is C13H18ClNO2S. The van der Waals surface area contributed by atoms with Crippen LogP contribution < -0.4 is 15.2 Å². The number of thioether (sulfide) groups is 1. The number of hydrogen-bond acceptors (Lipinski definition) is 4. The summed E-state index contributed by atoms with van der Waals surface area (Å²) in [5, 5.41) is 0.627. The minimum atomic E-state index is 0.266. The molecule has 0 radical (unpaired) electrons. The third-order valence-corrected chi connectivity index (χ3v) is 4.26. The van der Waals surface area contributed by atoms with Crippen LogP contribution in [0.5, 0.6) is 11.5 Å². The van der Waals surface area contributed by atoms with Gasteiger partial charge in [-0.1, -0.05) is 18.5 Å². The summed E-state index contributed by atoms with van der Waals surface area (Å²) in [5.74, 6) is 3.28. The van der Waals surface area contributed by atoms with Gasteiger partial charge in [-0.2, -0.15) is 11.8 Å². The smallest absolute Gasteiger partial charge is 0.179 e. The van der Waals surface area contributed by atoms with E-state index in [9.17, 15) is 0 Å². The van der Waals surface area contributed by atoms with Crippen molar-refractivity contribution >= 4 is 23.4 Å². The van der Waals surface area contributed by atoms with Crippen LogP contribution in [0.3, 0.4) is 0 Å². The molecule has 0 spiro atoms. The molecule has 1 aliphatic heterocycles. The van der Waals surface area contributed by atoms with Crippen molar-refractivity contribution in [2.24, 2.45) is 5.73 Å². The molecule has 0 bridgehead atoms. The van der Waals surface area contributed by atoms with Gasteiger partial charge >= 0.3 is 0 Å². The van der Waals surface area contributed by atoms with Crippen LogP contribution in [0.2, 0.25) is 5.02 Å². The van der Waals surface area contributed by atoms with Gasteiger partial charge < -0.3 is 15.2 Å². The second-order valence-electron chi connectivity index (χ2n) is 4.29. The molecule has 0 amide bonds. The third-order valence-electron chi connectivity index (χ3n) is 2.78. The monoisotopic (exact) mass is 287 g/mol. The van der Waals surface area contributed by atoms with Crippen LogP contribution in [-0.2, 0) is 5.75 Å². The molecule has 0 aromatic heterocycles. The number of rotatable bonds is 5. The molecule has 1 aliphatic rings. The summed E-state index contributed by atoms with van der Waals surface area (Å²) in [6.07, 6.45) is 1.01. The minimum absolute atomic E-state index is 0.266. The van der Waals surface area contributed by atoms with Crippen molar-refractivity contribution in [1.29, 1.82) is 0 Å². The van der Waals surface area contributed by atoms with E-state index < -0.39 is 0 Å². The molecule has 3 nitrogen and oxygen atoms in total. The lowest BCUT2D eigenvalue weighted by molar-refractivity contribution is 0.171. The topological polar surface area (TPSA) is 44.5 Å². The Balaban J connectivity index is 1.99. The van der Waals surface area contributed by atoms with Crippen molar-refractivity contribution in [3.8, 4) is 11.5 Å². The Morgan fingerprint density at radius 3 is 2.94 bits per heavy atom. The Labute approximate surface area is 117 Å². The lowest BCUT2D eigenvalue weighted by atomic mass is 10.2. The predicted molar refractivity (Wildman–Crippen MR) is 76.9 cm³/mol. The van der Waals surface area contributed by atoms with E-state index in [-0.39, 0.29) is 6.04 Å². The SMILES string of the molecule is CCC(N)CSCc1cc(Cl)c2c(c1)OCCO2. The molecule has 1 heterocycles. The third kappa shape index (κ3) is 3.46. The first-order valence-corrected chi connectivity index (χ1v) is 7.65. The fraction of sp³-hybridized carbons (Fsp3) is 0.538. The fourth-order valence-electron chi connectivity index (χ4n) is 1.69. The van der Waals surface area contributed by atoms with Gasteiger partial charge in [-0.15, -0.1) is 0 Å². The van der Waals surface area contributed by atoms with Gasteiger partial charge in [0.15, 0.2) is 11.5 Å². The highest BCUT2D eigenvalue weighted by Gasteiger charge is 2.16. The van der Waals surface area contributed by atoms with E-state index in [4.69, 9.17) is 26.8 Å². The van der Waals surface area contributed by atoms with Gasteiger partial charge in [-0.25, -0.2) is 0 Å². The lowest BCUT2D eigenvalue weighted by Crippen LogP contribution is -2.21. The first-order valence-electron chi connectivity index (χ1n) is 6.12. The molecule has 2 rings (SSSR count). The molecule has 1 aromatic carbocycles. The molecule has 100 valence electrons. The normalized spacial score (nSPS) is 15.5. The zero-order chi connectivity index (χ0) is 13.0. The van der Waals surface area contributed by atoms with E-state index in [1.807, 2.05) is 23.9 Å². The van der Waals surface area contributed by atoms with E-state index in [2.05, 4.69) is 6.92 Å². The molecule has 18 heavy (non-hydrogen) atoms. The standard InChI is InChI=1S/C13H18ClNO2S/c1-2-10(15)8-18-7-9-5-11(14)13-12(6-9)16-3-4-17-13/h5-6,10H,2-4,7-8,15H2,1H3. The summed E-state index contributed by atoms with van der Waals surface area (Å²) < 4.78 is 11.0. The highest BCUT2D eigenvalue weighted by molar-refractivity contribution is 7.98. The van der Waals surface area contributed by atoms with Gasteiger partial charge in [0, 0.05) is 17.5 Å². The summed E-state index contributed by atoms with van der Waals surface area (Å²) in [4.78, 5) is 0. The highest BCUT2D eigenvalue weighted by Crippen LogP contribution is 2.39. The Bertz CT molecular complexity index is 414. The molecule has 1 unspecified atom stereocenters. The molecule has 0 saturated carbocycles. The van der Waals surface area contributed by atoms with Crippen LogP contribution >= 0.6 is 23.4 Å². The quantitative estimate of drug-likeness (QED) is 0.904. The van der Waals surface area contributed by atoms with E-state index in [0.29, 0.717) is 24.0 Å². The van der Waals surface area contributed by atoms with E-state index in [1.165, 1.54) is 0 Å². The molecule has 0 saturated heterocycles. The second-order valence-corrected chi connectivity index (χ2v) is 5.72. The fourth-order valence-corrected chi connectivity index (χ4v) is 3.04. The van der Waals surface area contributed by atoms with Gasteiger partial charge in [-0.05, 0) is 24.1 Å². The van der Waals surface area contributed by atoms with Crippen LogP contribution in [0, 0.1) is 0 Å². The van der Waals surface area contributed by atoms with E-state index in [0.717, 1.165) is 29.2 Å². The van der Waals surface area contributed by atoms with Crippen LogP contribution in [0.1, 0.15) is 18.9 Å². The molecule has 1 aromatic rings. The number of halogens is 1. The summed E-state index contributed by atoms with van der Waals surface area (Å²) >= 11 is 8.00. The molecule has 0 aliphatic carbocycles. The Morgan fingerprint density at radius 1 is 1.39 bits per heavy atom. The van der Waals surface area contributed by atoms with Gasteiger partial charge in [0.05, 0.1) is 5.02 Å². The van der Waals surface area contributed by atoms with E-state index >= 15 is 0 Å². The summed E-state index contributed by atoms with van der Waals surface area (Å²) in [5.41, 5.74) is 7.04. The summed E-state index contributed by atoms with van der Waals surface area (Å²) in [7, 11) is 0. The van der Waals surface area contributed by atoms with Gasteiger partial charge in [0.25, 0.3) is 0 Å². The molecule has 2 N–H and O–H groups in total. The Hall–Kier alpha value is -0.580. The van der Waals surface area contributed by atoms with E-state index in [1.54, 1.807) is 0 Å². The average Bonchev–Trinajstić information content (AvgIpc) is 2.38. The maximum atomic E-state index is 6.18. The number of nitrogens with two attached hydrogens (primary N) is 1. The van der Waals surface area contributed by atoms with Crippen LogP contribution in [0.15, 0.2) is 12.1 Å². The van der Waals surface area contributed by atoms with Gasteiger partial charge in [-0.3, -0.25) is 0 Å². The summed E-state index contributed by atoms with van der Waals surface area (Å²) in [6.45, 7) is 3.25. The van der Waals surface area contributed by atoms with Crippen LogP contribution in [-0.4, -0.2) is 25.0 Å². The predicted octanol–water partition coefficient (Wildman–Crippen LogP) is 3.08. The van der Waals surface area contributed by atoms with Gasteiger partial charge in [0.2, 0.25) is 0 Å². The largest absolute Gasteiger partial charge is 0.486 e. The average molecular weight is 288 g/mol. The zero-order valence-corrected chi connectivity index (χ0v) is 12.0. The summed E-state index contributed by atoms with van der Waals surface area (Å²) in [6, 6.07) is 4.22. The maximum Gasteiger partial charge on any atom is 0.179 e. The van der Waals surface area contributed by atoms with Crippen molar-refractivity contribution in [2.75, 3.05) is 19.0 Å².